The lowest BCUT2D eigenvalue weighted by atomic mass is 9.82. The van der Waals surface area contributed by atoms with E-state index in [-0.39, 0.29) is 16.8 Å². The molecule has 4 nitrogen and oxygen atoms in total. The minimum Gasteiger partial charge on any atom is -0.232 e. The Morgan fingerprint density at radius 3 is 1.96 bits per heavy atom. The molecule has 0 radical (unpaired) electrons. The van der Waals surface area contributed by atoms with Gasteiger partial charge in [-0.05, 0) is 16.4 Å². The summed E-state index contributed by atoms with van der Waals surface area (Å²) < 4.78 is 0. The molecule has 0 N–H and O–H groups in total. The highest BCUT2D eigenvalue weighted by Crippen LogP contribution is 2.47. The van der Waals surface area contributed by atoms with Gasteiger partial charge in [-0.1, -0.05) is 51.1 Å². The van der Waals surface area contributed by atoms with Crippen LogP contribution in [0.15, 0.2) is 30.3 Å². The first-order valence-electron chi connectivity index (χ1n) is 7.75. The summed E-state index contributed by atoms with van der Waals surface area (Å²) >= 11 is 0. The highest BCUT2D eigenvalue weighted by atomic mass is 14.9. The molecule has 0 atom stereocenters. The van der Waals surface area contributed by atoms with Gasteiger partial charge in [0.05, 0.1) is 11.4 Å². The van der Waals surface area contributed by atoms with Crippen LogP contribution < -0.4 is 0 Å². The Morgan fingerprint density at radius 1 is 0.833 bits per heavy atom. The molecule has 0 saturated carbocycles. The van der Waals surface area contributed by atoms with Gasteiger partial charge in [-0.25, -0.2) is 9.97 Å². The van der Waals surface area contributed by atoms with E-state index in [4.69, 9.17) is 0 Å². The van der Waals surface area contributed by atoms with Crippen LogP contribution in [0.1, 0.15) is 37.7 Å². The summed E-state index contributed by atoms with van der Waals surface area (Å²) in [7, 11) is 0. The molecule has 0 bridgehead atoms. The summed E-state index contributed by atoms with van der Waals surface area (Å²) in [5, 5.41) is 20.8. The second kappa shape index (κ2) is 4.63. The molecule has 4 heteroatoms. The predicted molar refractivity (Wildman–Crippen MR) is 92.1 cm³/mol. The van der Waals surface area contributed by atoms with Crippen LogP contribution in [0.2, 0.25) is 0 Å². The summed E-state index contributed by atoms with van der Waals surface area (Å²) in [5.74, 6) is 0. The van der Waals surface area contributed by atoms with Crippen molar-refractivity contribution in [2.45, 2.75) is 26.2 Å². The van der Waals surface area contributed by atoms with Gasteiger partial charge >= 0.3 is 0 Å². The van der Waals surface area contributed by atoms with Crippen LogP contribution in [-0.4, -0.2) is 9.97 Å². The van der Waals surface area contributed by atoms with Crippen LogP contribution >= 0.6 is 0 Å². The molecule has 1 aromatic heterocycles. The van der Waals surface area contributed by atoms with Gasteiger partial charge < -0.3 is 0 Å². The molecular weight excluding hydrogens is 296 g/mol. The molecule has 0 amide bonds. The van der Waals surface area contributed by atoms with E-state index in [0.29, 0.717) is 11.4 Å². The molecule has 0 spiro atoms. The Bertz CT molecular complexity index is 1060. The van der Waals surface area contributed by atoms with Crippen molar-refractivity contribution >= 4 is 10.8 Å². The summed E-state index contributed by atoms with van der Waals surface area (Å²) in [6, 6.07) is 14.3. The van der Waals surface area contributed by atoms with Gasteiger partial charge in [0.1, 0.15) is 12.1 Å². The topological polar surface area (TPSA) is 73.4 Å². The molecule has 3 aromatic rings. The number of hydrogen-bond donors (Lipinski definition) is 0. The van der Waals surface area contributed by atoms with Crippen molar-refractivity contribution in [2.75, 3.05) is 0 Å². The number of fused-ring (bicyclic) bond motifs is 3. The van der Waals surface area contributed by atoms with Crippen LogP contribution in [0, 0.1) is 22.7 Å². The Morgan fingerprint density at radius 2 is 1.42 bits per heavy atom. The quantitative estimate of drug-likeness (QED) is 0.485. The fourth-order valence-corrected chi connectivity index (χ4v) is 3.42. The lowest BCUT2D eigenvalue weighted by molar-refractivity contribution is 0.596. The predicted octanol–water partition coefficient (Wildman–Crippen LogP) is 4.32. The maximum Gasteiger partial charge on any atom is 0.177 e. The largest absolute Gasteiger partial charge is 0.232 e. The lowest BCUT2D eigenvalue weighted by Gasteiger charge is -2.22. The first-order valence-corrected chi connectivity index (χ1v) is 7.75. The van der Waals surface area contributed by atoms with Crippen LogP contribution in [-0.2, 0) is 5.41 Å². The van der Waals surface area contributed by atoms with Gasteiger partial charge in [0, 0.05) is 16.5 Å². The molecule has 0 saturated heterocycles. The fraction of sp³-hybridized carbons (Fsp3) is 0.200. The number of aromatic nitrogens is 2. The number of nitriles is 2. The van der Waals surface area contributed by atoms with Gasteiger partial charge in [-0.15, -0.1) is 0 Å². The Balaban J connectivity index is 2.15. The fourth-order valence-electron chi connectivity index (χ4n) is 3.42. The summed E-state index contributed by atoms with van der Waals surface area (Å²) in [5.41, 5.74) is 4.79. The van der Waals surface area contributed by atoms with Gasteiger partial charge in [-0.2, -0.15) is 10.5 Å². The molecule has 0 fully saturated rings. The first-order chi connectivity index (χ1) is 11.5. The SMILES string of the molecule is CC(C)(C)c1ccc2c3c(cccc13)-c1nc(C#N)c(C#N)nc1-2. The molecule has 1 aliphatic carbocycles. The van der Waals surface area contributed by atoms with Gasteiger partial charge in [0.25, 0.3) is 0 Å². The standard InChI is InChI=1S/C20H14N4/c1-20(2,3)14-8-7-13-17-11(14)5-4-6-12(17)18-19(13)24-16(10-22)15(9-21)23-18/h4-8H,1-3H3. The second-order valence-electron chi connectivity index (χ2n) is 6.98. The maximum atomic E-state index is 9.24. The molecule has 24 heavy (non-hydrogen) atoms. The normalized spacial score (nSPS) is 11.9. The minimum absolute atomic E-state index is 0.0163. The number of hydrogen-bond acceptors (Lipinski definition) is 4. The van der Waals surface area contributed by atoms with E-state index in [1.807, 2.05) is 24.3 Å². The summed E-state index contributed by atoms with van der Waals surface area (Å²) in [6.07, 6.45) is 0. The van der Waals surface area contributed by atoms with Crippen molar-refractivity contribution in [2.24, 2.45) is 0 Å². The van der Waals surface area contributed by atoms with Crippen LogP contribution in [0.5, 0.6) is 0 Å². The molecule has 0 unspecified atom stereocenters. The van der Waals surface area contributed by atoms with E-state index in [1.165, 1.54) is 10.9 Å². The zero-order valence-electron chi connectivity index (χ0n) is 13.7. The minimum atomic E-state index is 0.0163. The van der Waals surface area contributed by atoms with Crippen molar-refractivity contribution in [3.8, 4) is 34.7 Å². The van der Waals surface area contributed by atoms with Crippen molar-refractivity contribution in [3.63, 3.8) is 0 Å². The third-order valence-corrected chi connectivity index (χ3v) is 4.47. The van der Waals surface area contributed by atoms with Gasteiger partial charge in [-0.3, -0.25) is 0 Å². The van der Waals surface area contributed by atoms with Crippen LogP contribution in [0.3, 0.4) is 0 Å². The van der Waals surface area contributed by atoms with Crippen molar-refractivity contribution in [1.29, 1.82) is 10.5 Å². The Kier molecular flexibility index (Phi) is 2.77. The third kappa shape index (κ3) is 1.77. The molecular formula is C20H14N4. The maximum absolute atomic E-state index is 9.24. The van der Waals surface area contributed by atoms with Crippen molar-refractivity contribution in [1.82, 2.24) is 9.97 Å². The Hall–Kier alpha value is -3.24. The molecule has 1 heterocycles. The molecule has 4 rings (SSSR count). The lowest BCUT2D eigenvalue weighted by Crippen LogP contribution is -2.11. The van der Waals surface area contributed by atoms with E-state index >= 15 is 0 Å². The van der Waals surface area contributed by atoms with Gasteiger partial charge in [0.15, 0.2) is 11.4 Å². The van der Waals surface area contributed by atoms with E-state index in [0.717, 1.165) is 16.5 Å². The van der Waals surface area contributed by atoms with E-state index in [9.17, 15) is 10.5 Å². The van der Waals surface area contributed by atoms with E-state index in [2.05, 4.69) is 48.9 Å². The average molecular weight is 310 g/mol. The highest BCUT2D eigenvalue weighted by Gasteiger charge is 2.28. The number of rotatable bonds is 0. The molecule has 0 aliphatic heterocycles. The number of benzene rings is 2. The van der Waals surface area contributed by atoms with Crippen LogP contribution in [0.4, 0.5) is 0 Å². The Labute approximate surface area is 140 Å². The number of nitrogens with zero attached hydrogens (tertiary/aromatic N) is 4. The molecule has 1 aliphatic rings. The zero-order valence-corrected chi connectivity index (χ0v) is 13.7. The summed E-state index contributed by atoms with van der Waals surface area (Å²) in [6.45, 7) is 6.58. The van der Waals surface area contributed by atoms with E-state index in [1.54, 1.807) is 0 Å². The molecule has 114 valence electrons. The zero-order chi connectivity index (χ0) is 17.1. The summed E-state index contributed by atoms with van der Waals surface area (Å²) in [4.78, 5) is 8.86. The second-order valence-corrected chi connectivity index (χ2v) is 6.98. The first kappa shape index (κ1) is 14.4. The third-order valence-electron chi connectivity index (χ3n) is 4.47. The highest BCUT2D eigenvalue weighted by molar-refractivity contribution is 6.14. The average Bonchev–Trinajstić information content (AvgIpc) is 2.88. The van der Waals surface area contributed by atoms with Crippen molar-refractivity contribution in [3.05, 3.63) is 47.3 Å². The van der Waals surface area contributed by atoms with Gasteiger partial charge in [0.2, 0.25) is 0 Å². The van der Waals surface area contributed by atoms with Crippen LogP contribution in [0.25, 0.3) is 33.3 Å². The smallest absolute Gasteiger partial charge is 0.177 e. The molecule has 2 aromatic carbocycles. The monoisotopic (exact) mass is 310 g/mol. The van der Waals surface area contributed by atoms with Crippen molar-refractivity contribution < 1.29 is 0 Å². The van der Waals surface area contributed by atoms with E-state index < -0.39 is 0 Å².